The molecule has 0 radical (unpaired) electrons. The summed E-state index contributed by atoms with van der Waals surface area (Å²) in [4.78, 5) is 23.4. The van der Waals surface area contributed by atoms with E-state index >= 15 is 0 Å². The molecule has 0 aliphatic rings. The average molecular weight is 381 g/mol. The summed E-state index contributed by atoms with van der Waals surface area (Å²) in [5, 5.41) is 13.9. The highest BCUT2D eigenvalue weighted by Gasteiger charge is 2.17. The second-order valence-corrected chi connectivity index (χ2v) is 6.48. The maximum atomic E-state index is 12.0. The lowest BCUT2D eigenvalue weighted by molar-refractivity contribution is -0.117. The minimum atomic E-state index is -0.502. The van der Waals surface area contributed by atoms with E-state index in [2.05, 4.69) is 20.8 Å². The number of rotatable bonds is 6. The van der Waals surface area contributed by atoms with E-state index in [1.54, 1.807) is 6.92 Å². The molecule has 8 heteroatoms. The molecule has 1 heterocycles. The monoisotopic (exact) mass is 381 g/mol. The number of carbonyl (C=O) groups is 2. The van der Waals surface area contributed by atoms with Gasteiger partial charge in [0.05, 0.1) is 5.75 Å². The van der Waals surface area contributed by atoms with Gasteiger partial charge in [0.15, 0.2) is 11.0 Å². The first kappa shape index (κ1) is 18.7. The van der Waals surface area contributed by atoms with Crippen LogP contribution in [0.1, 0.15) is 6.92 Å². The van der Waals surface area contributed by atoms with Crippen LogP contribution < -0.4 is 10.6 Å². The molecule has 7 nitrogen and oxygen atoms in total. The van der Waals surface area contributed by atoms with Crippen LogP contribution in [0.15, 0.2) is 65.8 Å². The van der Waals surface area contributed by atoms with Crippen molar-refractivity contribution in [2.24, 2.45) is 0 Å². The number of aromatic nitrogens is 3. The van der Waals surface area contributed by atoms with Crippen molar-refractivity contribution >= 4 is 23.7 Å². The molecule has 0 saturated carbocycles. The summed E-state index contributed by atoms with van der Waals surface area (Å²) >= 11 is 1.22. The highest BCUT2D eigenvalue weighted by Crippen LogP contribution is 2.27. The van der Waals surface area contributed by atoms with Gasteiger partial charge in [-0.3, -0.25) is 14.7 Å². The number of nitrogens with zero attached hydrogens (tertiary/aromatic N) is 3. The summed E-state index contributed by atoms with van der Waals surface area (Å²) in [6.07, 6.45) is 0. The smallest absolute Gasteiger partial charge is 0.321 e. The molecular weight excluding hydrogens is 362 g/mol. The fraction of sp³-hybridized carbons (Fsp3) is 0.158. The van der Waals surface area contributed by atoms with Gasteiger partial charge in [-0.05, 0) is 19.1 Å². The summed E-state index contributed by atoms with van der Waals surface area (Å²) in [5.74, 6) is 0.347. The minimum Gasteiger partial charge on any atom is -0.338 e. The lowest BCUT2D eigenvalue weighted by atomic mass is 10.2. The van der Waals surface area contributed by atoms with Crippen LogP contribution >= 0.6 is 11.8 Å². The summed E-state index contributed by atoms with van der Waals surface area (Å²) in [6.45, 7) is 2.24. The van der Waals surface area contributed by atoms with E-state index in [1.807, 2.05) is 65.2 Å². The van der Waals surface area contributed by atoms with Gasteiger partial charge in [-0.25, -0.2) is 4.79 Å². The number of benzene rings is 2. The van der Waals surface area contributed by atoms with Crippen LogP contribution in [0.5, 0.6) is 0 Å². The van der Waals surface area contributed by atoms with E-state index in [1.165, 1.54) is 11.8 Å². The Kier molecular flexibility index (Phi) is 6.22. The number of para-hydroxylation sites is 1. The number of thioether (sulfide) groups is 1. The largest absolute Gasteiger partial charge is 0.338 e. The van der Waals surface area contributed by atoms with E-state index in [9.17, 15) is 9.59 Å². The lowest BCUT2D eigenvalue weighted by Gasteiger charge is -2.10. The molecule has 3 aromatic rings. The average Bonchev–Trinajstić information content (AvgIpc) is 3.12. The second kappa shape index (κ2) is 9.00. The third kappa shape index (κ3) is 4.73. The number of hydrogen-bond acceptors (Lipinski definition) is 5. The van der Waals surface area contributed by atoms with Gasteiger partial charge >= 0.3 is 6.03 Å². The number of nitrogens with one attached hydrogen (secondary N) is 2. The maximum absolute atomic E-state index is 12.0. The van der Waals surface area contributed by atoms with E-state index in [0.717, 1.165) is 11.3 Å². The predicted octanol–water partition coefficient (Wildman–Crippen LogP) is 2.87. The molecule has 2 aromatic carbocycles. The van der Waals surface area contributed by atoms with Crippen LogP contribution in [0.25, 0.3) is 17.1 Å². The zero-order chi connectivity index (χ0) is 19.1. The number of urea groups is 1. The minimum absolute atomic E-state index is 0.0525. The molecule has 0 unspecified atom stereocenters. The molecule has 27 heavy (non-hydrogen) atoms. The molecule has 0 aliphatic carbocycles. The molecule has 3 amide bonds. The first-order valence-corrected chi connectivity index (χ1v) is 9.44. The number of hydrogen-bond donors (Lipinski definition) is 2. The van der Waals surface area contributed by atoms with Crippen molar-refractivity contribution in [2.45, 2.75) is 12.1 Å². The van der Waals surface area contributed by atoms with E-state index < -0.39 is 11.9 Å². The molecule has 1 aromatic heterocycles. The third-order valence-electron chi connectivity index (χ3n) is 3.60. The summed E-state index contributed by atoms with van der Waals surface area (Å²) in [7, 11) is 0. The quantitative estimate of drug-likeness (QED) is 0.641. The zero-order valence-electron chi connectivity index (χ0n) is 14.8. The van der Waals surface area contributed by atoms with Gasteiger partial charge in [0, 0.05) is 17.8 Å². The van der Waals surface area contributed by atoms with Gasteiger partial charge in [-0.2, -0.15) is 0 Å². The Morgan fingerprint density at radius 3 is 2.33 bits per heavy atom. The highest BCUT2D eigenvalue weighted by molar-refractivity contribution is 7.99. The zero-order valence-corrected chi connectivity index (χ0v) is 15.6. The van der Waals surface area contributed by atoms with Gasteiger partial charge < -0.3 is 5.32 Å². The number of imide groups is 1. The van der Waals surface area contributed by atoms with E-state index in [-0.39, 0.29) is 5.75 Å². The van der Waals surface area contributed by atoms with Gasteiger partial charge in [0.25, 0.3) is 0 Å². The summed E-state index contributed by atoms with van der Waals surface area (Å²) in [5.41, 5.74) is 1.82. The van der Waals surface area contributed by atoms with Gasteiger partial charge in [-0.15, -0.1) is 10.2 Å². The van der Waals surface area contributed by atoms with Crippen molar-refractivity contribution in [3.63, 3.8) is 0 Å². The Morgan fingerprint density at radius 1 is 1.00 bits per heavy atom. The fourth-order valence-corrected chi connectivity index (χ4v) is 3.20. The van der Waals surface area contributed by atoms with Crippen LogP contribution in [0.2, 0.25) is 0 Å². The first-order chi connectivity index (χ1) is 13.2. The lowest BCUT2D eigenvalue weighted by Crippen LogP contribution is -2.40. The van der Waals surface area contributed by atoms with Crippen LogP contribution in [-0.4, -0.2) is 39.0 Å². The highest BCUT2D eigenvalue weighted by atomic mass is 32.2. The molecule has 0 fully saturated rings. The topological polar surface area (TPSA) is 88.9 Å². The Hall–Kier alpha value is -3.13. The standard InChI is InChI=1S/C19H19N5O2S/c1-2-20-18(26)21-16(25)13-27-19-23-22-17(14-9-5-3-6-10-14)24(19)15-11-7-4-8-12-15/h3-12H,2,13H2,1H3,(H2,20,21,25,26). The van der Waals surface area contributed by atoms with Crippen molar-refractivity contribution in [3.05, 3.63) is 60.7 Å². The molecule has 0 bridgehead atoms. The molecule has 0 atom stereocenters. The van der Waals surface area contributed by atoms with Gasteiger partial charge in [0.1, 0.15) is 0 Å². The van der Waals surface area contributed by atoms with E-state index in [4.69, 9.17) is 0 Å². The van der Waals surface area contributed by atoms with Crippen molar-refractivity contribution in [1.82, 2.24) is 25.4 Å². The van der Waals surface area contributed by atoms with Crippen molar-refractivity contribution in [2.75, 3.05) is 12.3 Å². The molecule has 0 saturated heterocycles. The van der Waals surface area contributed by atoms with Crippen LogP contribution in [0, 0.1) is 0 Å². The van der Waals surface area contributed by atoms with E-state index in [0.29, 0.717) is 17.5 Å². The maximum Gasteiger partial charge on any atom is 0.321 e. The molecule has 0 spiro atoms. The van der Waals surface area contributed by atoms with Crippen LogP contribution in [0.4, 0.5) is 4.79 Å². The second-order valence-electron chi connectivity index (χ2n) is 5.54. The molecule has 2 N–H and O–H groups in total. The van der Waals surface area contributed by atoms with Crippen molar-refractivity contribution < 1.29 is 9.59 Å². The molecule has 3 rings (SSSR count). The normalized spacial score (nSPS) is 10.4. The fourth-order valence-electron chi connectivity index (χ4n) is 2.44. The predicted molar refractivity (Wildman–Crippen MR) is 105 cm³/mol. The van der Waals surface area contributed by atoms with Crippen molar-refractivity contribution in [1.29, 1.82) is 0 Å². The Morgan fingerprint density at radius 2 is 1.67 bits per heavy atom. The Balaban J connectivity index is 1.84. The Labute approximate surface area is 161 Å². The molecular formula is C19H19N5O2S. The van der Waals surface area contributed by atoms with Crippen molar-refractivity contribution in [3.8, 4) is 17.1 Å². The Bertz CT molecular complexity index is 912. The third-order valence-corrected chi connectivity index (χ3v) is 4.53. The number of carbonyl (C=O) groups excluding carboxylic acids is 2. The number of amides is 3. The van der Waals surface area contributed by atoms with Crippen LogP contribution in [-0.2, 0) is 4.79 Å². The van der Waals surface area contributed by atoms with Gasteiger partial charge in [0.2, 0.25) is 5.91 Å². The molecule has 0 aliphatic heterocycles. The molecule has 138 valence electrons. The van der Waals surface area contributed by atoms with Gasteiger partial charge in [-0.1, -0.05) is 60.3 Å². The SMILES string of the molecule is CCNC(=O)NC(=O)CSc1nnc(-c2ccccc2)n1-c1ccccc1. The summed E-state index contributed by atoms with van der Waals surface area (Å²) in [6, 6.07) is 18.9. The first-order valence-electron chi connectivity index (χ1n) is 8.45. The van der Waals surface area contributed by atoms with Crippen LogP contribution in [0.3, 0.4) is 0 Å². The summed E-state index contributed by atoms with van der Waals surface area (Å²) < 4.78 is 1.90.